The molecule has 1 saturated carbocycles. The van der Waals surface area contributed by atoms with Crippen LogP contribution in [0.4, 0.5) is 22.2 Å². The van der Waals surface area contributed by atoms with E-state index in [4.69, 9.17) is 16.2 Å². The maximum Gasteiger partial charge on any atom is 0.404 e. The summed E-state index contributed by atoms with van der Waals surface area (Å²) < 4.78 is 4.85. The number of nitrogens with one attached hydrogen (secondary N) is 2. The van der Waals surface area contributed by atoms with Crippen molar-refractivity contribution in [2.24, 2.45) is 5.73 Å². The average molecular weight is 308 g/mol. The molecule has 2 rings (SSSR count). The number of primary amides is 1. The molecule has 0 saturated heterocycles. The lowest BCUT2D eigenvalue weighted by molar-refractivity contribution is 0.113. The minimum Gasteiger partial charge on any atom is -0.447 e. The molecular weight excluding hydrogens is 284 g/mol. The smallest absolute Gasteiger partial charge is 0.404 e. The summed E-state index contributed by atoms with van der Waals surface area (Å²) in [6.07, 6.45) is 5.97. The van der Waals surface area contributed by atoms with E-state index in [2.05, 4.69) is 20.6 Å². The zero-order valence-electron chi connectivity index (χ0n) is 12.8. The molecule has 0 aliphatic heterocycles. The van der Waals surface area contributed by atoms with Crippen molar-refractivity contribution in [3.05, 3.63) is 6.20 Å². The van der Waals surface area contributed by atoms with Crippen molar-refractivity contribution in [3.63, 3.8) is 0 Å². The highest BCUT2D eigenvalue weighted by atomic mass is 16.6. The lowest BCUT2D eigenvalue weighted by atomic mass is 10.2. The van der Waals surface area contributed by atoms with Crippen LogP contribution in [-0.2, 0) is 4.74 Å². The van der Waals surface area contributed by atoms with Crippen molar-refractivity contribution in [1.82, 2.24) is 9.97 Å². The van der Waals surface area contributed by atoms with Crippen LogP contribution in [0.15, 0.2) is 6.20 Å². The van der Waals surface area contributed by atoms with Crippen molar-refractivity contribution in [3.8, 4) is 0 Å². The minimum atomic E-state index is -0.767. The number of anilines is 3. The van der Waals surface area contributed by atoms with Crippen LogP contribution in [0.3, 0.4) is 0 Å². The number of hydrogen-bond acceptors (Lipinski definition) is 7. The molecule has 22 heavy (non-hydrogen) atoms. The van der Waals surface area contributed by atoms with Gasteiger partial charge in [-0.2, -0.15) is 4.98 Å². The maximum atomic E-state index is 10.6. The van der Waals surface area contributed by atoms with E-state index < -0.39 is 6.09 Å². The van der Waals surface area contributed by atoms with E-state index in [1.807, 2.05) is 0 Å². The highest BCUT2D eigenvalue weighted by molar-refractivity contribution is 5.64. The largest absolute Gasteiger partial charge is 0.447 e. The Morgan fingerprint density at radius 3 is 2.91 bits per heavy atom. The Morgan fingerprint density at radius 2 is 2.23 bits per heavy atom. The first-order valence-corrected chi connectivity index (χ1v) is 7.63. The molecule has 1 heterocycles. The fraction of sp³-hybridized carbons (Fsp3) is 0.643. The standard InChI is InChI=1S/C14H24N6O2/c1-9(22-13(16)21)6-7-17-12-11(15)8-18-14(20-12)19-10-4-2-3-5-10/h8-10H,2-7,15H2,1H3,(H2,16,21)(H2,17,18,19,20). The molecule has 122 valence electrons. The molecule has 1 aromatic heterocycles. The fourth-order valence-corrected chi connectivity index (χ4v) is 2.51. The van der Waals surface area contributed by atoms with Gasteiger partial charge in [0, 0.05) is 19.0 Å². The Kier molecular flexibility index (Phi) is 5.62. The van der Waals surface area contributed by atoms with Gasteiger partial charge in [-0.25, -0.2) is 9.78 Å². The van der Waals surface area contributed by atoms with Crippen LogP contribution in [0.25, 0.3) is 0 Å². The van der Waals surface area contributed by atoms with Crippen LogP contribution in [0.5, 0.6) is 0 Å². The van der Waals surface area contributed by atoms with Crippen molar-refractivity contribution in [2.75, 3.05) is 22.9 Å². The number of aromatic nitrogens is 2. The molecule has 8 nitrogen and oxygen atoms in total. The quantitative estimate of drug-likeness (QED) is 0.603. The van der Waals surface area contributed by atoms with E-state index in [1.54, 1.807) is 13.1 Å². The molecule has 0 aromatic carbocycles. The average Bonchev–Trinajstić information content (AvgIpc) is 2.94. The number of nitrogens with zero attached hydrogens (tertiary/aromatic N) is 2. The summed E-state index contributed by atoms with van der Waals surface area (Å²) >= 11 is 0. The fourth-order valence-electron chi connectivity index (χ4n) is 2.51. The number of rotatable bonds is 7. The highest BCUT2D eigenvalue weighted by Gasteiger charge is 2.16. The van der Waals surface area contributed by atoms with E-state index in [0.29, 0.717) is 36.5 Å². The third-order valence-corrected chi connectivity index (χ3v) is 3.67. The number of carbonyl (C=O) groups excluding carboxylic acids is 1. The molecule has 1 aliphatic rings. The third kappa shape index (κ3) is 4.94. The number of amides is 1. The number of carbonyl (C=O) groups is 1. The monoisotopic (exact) mass is 308 g/mol. The second-order valence-corrected chi connectivity index (χ2v) is 5.59. The molecule has 1 amide bonds. The number of hydrogen-bond donors (Lipinski definition) is 4. The minimum absolute atomic E-state index is 0.260. The summed E-state index contributed by atoms with van der Waals surface area (Å²) in [6.45, 7) is 2.35. The first-order chi connectivity index (χ1) is 10.5. The van der Waals surface area contributed by atoms with Gasteiger partial charge in [0.15, 0.2) is 5.82 Å². The normalized spacial score (nSPS) is 16.2. The SMILES string of the molecule is CC(CCNc1nc(NC2CCCC2)ncc1N)OC(N)=O. The Hall–Kier alpha value is -2.25. The van der Waals surface area contributed by atoms with Crippen LogP contribution in [-0.4, -0.2) is 34.8 Å². The van der Waals surface area contributed by atoms with Crippen molar-refractivity contribution in [1.29, 1.82) is 0 Å². The van der Waals surface area contributed by atoms with Gasteiger partial charge in [0.05, 0.1) is 11.9 Å². The lowest BCUT2D eigenvalue weighted by Gasteiger charge is -2.15. The van der Waals surface area contributed by atoms with Crippen LogP contribution in [0, 0.1) is 0 Å². The van der Waals surface area contributed by atoms with E-state index in [9.17, 15) is 4.79 Å². The molecule has 6 N–H and O–H groups in total. The van der Waals surface area contributed by atoms with Crippen LogP contribution in [0.2, 0.25) is 0 Å². The van der Waals surface area contributed by atoms with E-state index in [0.717, 1.165) is 12.8 Å². The predicted octanol–water partition coefficient (Wildman–Crippen LogP) is 1.70. The van der Waals surface area contributed by atoms with Gasteiger partial charge >= 0.3 is 6.09 Å². The van der Waals surface area contributed by atoms with Gasteiger partial charge in [-0.15, -0.1) is 0 Å². The second-order valence-electron chi connectivity index (χ2n) is 5.59. The van der Waals surface area contributed by atoms with Crippen LogP contribution >= 0.6 is 0 Å². The molecule has 0 bridgehead atoms. The molecule has 1 fully saturated rings. The van der Waals surface area contributed by atoms with Gasteiger partial charge in [-0.1, -0.05) is 12.8 Å². The van der Waals surface area contributed by atoms with E-state index in [1.165, 1.54) is 12.8 Å². The Labute approximate surface area is 130 Å². The summed E-state index contributed by atoms with van der Waals surface area (Å²) in [4.78, 5) is 19.3. The summed E-state index contributed by atoms with van der Waals surface area (Å²) in [5.41, 5.74) is 11.3. The Balaban J connectivity index is 1.85. The van der Waals surface area contributed by atoms with Gasteiger partial charge in [0.2, 0.25) is 5.95 Å². The summed E-state index contributed by atoms with van der Waals surface area (Å²) in [6, 6.07) is 0.445. The van der Waals surface area contributed by atoms with Crippen molar-refractivity contribution < 1.29 is 9.53 Å². The summed E-state index contributed by atoms with van der Waals surface area (Å²) in [5, 5.41) is 6.46. The first kappa shape index (κ1) is 16.1. The highest BCUT2D eigenvalue weighted by Crippen LogP contribution is 2.22. The van der Waals surface area contributed by atoms with Crippen molar-refractivity contribution >= 4 is 23.5 Å². The molecule has 0 spiro atoms. The van der Waals surface area contributed by atoms with Crippen LogP contribution < -0.4 is 22.1 Å². The molecule has 1 aliphatic carbocycles. The molecule has 1 unspecified atom stereocenters. The molecule has 8 heteroatoms. The molecular formula is C14H24N6O2. The van der Waals surface area contributed by atoms with Crippen molar-refractivity contribution in [2.45, 2.75) is 51.2 Å². The Bertz CT molecular complexity index is 504. The lowest BCUT2D eigenvalue weighted by Crippen LogP contribution is -2.23. The van der Waals surface area contributed by atoms with Gasteiger partial charge in [-0.05, 0) is 19.8 Å². The molecule has 1 aromatic rings. The van der Waals surface area contributed by atoms with E-state index in [-0.39, 0.29) is 6.10 Å². The van der Waals surface area contributed by atoms with Crippen LogP contribution in [0.1, 0.15) is 39.0 Å². The number of nitrogen functional groups attached to an aromatic ring is 1. The van der Waals surface area contributed by atoms with Gasteiger partial charge in [0.25, 0.3) is 0 Å². The predicted molar refractivity (Wildman–Crippen MR) is 85.6 cm³/mol. The zero-order chi connectivity index (χ0) is 15.9. The van der Waals surface area contributed by atoms with E-state index >= 15 is 0 Å². The summed E-state index contributed by atoms with van der Waals surface area (Å²) in [7, 11) is 0. The second kappa shape index (κ2) is 7.67. The van der Waals surface area contributed by atoms with Gasteiger partial charge in [-0.3, -0.25) is 0 Å². The van der Waals surface area contributed by atoms with Gasteiger partial charge in [0.1, 0.15) is 6.10 Å². The first-order valence-electron chi connectivity index (χ1n) is 7.63. The maximum absolute atomic E-state index is 10.6. The zero-order valence-corrected chi connectivity index (χ0v) is 12.8. The topological polar surface area (TPSA) is 128 Å². The molecule has 1 atom stereocenters. The number of ether oxygens (including phenoxy) is 1. The number of nitrogens with two attached hydrogens (primary N) is 2. The molecule has 0 radical (unpaired) electrons. The summed E-state index contributed by atoms with van der Waals surface area (Å²) in [5.74, 6) is 1.17. The Morgan fingerprint density at radius 1 is 1.50 bits per heavy atom. The third-order valence-electron chi connectivity index (χ3n) is 3.67. The van der Waals surface area contributed by atoms with Gasteiger partial charge < -0.3 is 26.8 Å².